The van der Waals surface area contributed by atoms with Crippen molar-refractivity contribution in [2.75, 3.05) is 18.4 Å². The average Bonchev–Trinajstić information content (AvgIpc) is 3.43. The number of nitrogens with zero attached hydrogens (tertiary/aromatic N) is 3. The molecule has 0 spiro atoms. The molecule has 0 aromatic carbocycles. The second kappa shape index (κ2) is 9.27. The molecule has 0 radical (unpaired) electrons. The van der Waals surface area contributed by atoms with Gasteiger partial charge < -0.3 is 14.3 Å². The van der Waals surface area contributed by atoms with Crippen LogP contribution < -0.4 is 5.32 Å². The summed E-state index contributed by atoms with van der Waals surface area (Å²) in [5.41, 5.74) is 0.276. The van der Waals surface area contributed by atoms with Crippen LogP contribution in [0.2, 0.25) is 5.02 Å². The Morgan fingerprint density at radius 2 is 2.03 bits per heavy atom. The maximum absolute atomic E-state index is 13.3. The quantitative estimate of drug-likeness (QED) is 0.574. The summed E-state index contributed by atoms with van der Waals surface area (Å²) in [6.45, 7) is 2.00. The molecule has 1 amide bonds. The van der Waals surface area contributed by atoms with Crippen LogP contribution >= 0.6 is 11.6 Å². The second-order valence-corrected chi connectivity index (χ2v) is 9.65. The maximum Gasteiger partial charge on any atom is 0.248 e. The third kappa shape index (κ3) is 4.77. The van der Waals surface area contributed by atoms with Crippen LogP contribution in [0.3, 0.4) is 0 Å². The number of aromatic nitrogens is 2. The summed E-state index contributed by atoms with van der Waals surface area (Å²) >= 11 is 5.81. The molecule has 1 aliphatic heterocycles. The normalized spacial score (nSPS) is 15.9. The van der Waals surface area contributed by atoms with E-state index < -0.39 is 10.0 Å². The van der Waals surface area contributed by atoms with Crippen molar-refractivity contribution in [3.05, 3.63) is 59.0 Å². The summed E-state index contributed by atoms with van der Waals surface area (Å²) in [6, 6.07) is 6.72. The second-order valence-electron chi connectivity index (χ2n) is 7.34. The zero-order chi connectivity index (χ0) is 22.7. The van der Waals surface area contributed by atoms with Crippen LogP contribution in [0, 0.1) is 12.8 Å². The molecule has 32 heavy (non-hydrogen) atoms. The first-order valence-electron chi connectivity index (χ1n) is 9.95. The van der Waals surface area contributed by atoms with Crippen molar-refractivity contribution >= 4 is 45.5 Å². The number of rotatable bonds is 6. The molecule has 0 saturated carbocycles. The smallest absolute Gasteiger partial charge is 0.248 e. The van der Waals surface area contributed by atoms with Crippen molar-refractivity contribution < 1.29 is 22.2 Å². The molecule has 0 bridgehead atoms. The summed E-state index contributed by atoms with van der Waals surface area (Å²) in [5, 5.41) is 7.06. The lowest BCUT2D eigenvalue weighted by atomic mass is 9.97. The van der Waals surface area contributed by atoms with Gasteiger partial charge in [0, 0.05) is 25.2 Å². The first-order chi connectivity index (χ1) is 15.3. The summed E-state index contributed by atoms with van der Waals surface area (Å²) in [6.07, 6.45) is 6.88. The van der Waals surface area contributed by atoms with Gasteiger partial charge in [0.15, 0.2) is 10.7 Å². The van der Waals surface area contributed by atoms with E-state index in [2.05, 4.69) is 15.5 Å². The van der Waals surface area contributed by atoms with E-state index in [0.717, 1.165) is 0 Å². The number of hydrogen-bond donors (Lipinski definition) is 1. The van der Waals surface area contributed by atoms with Gasteiger partial charge in [-0.1, -0.05) is 16.8 Å². The molecule has 3 aromatic rings. The van der Waals surface area contributed by atoms with Crippen molar-refractivity contribution in [2.45, 2.75) is 24.7 Å². The van der Waals surface area contributed by atoms with Crippen LogP contribution in [-0.4, -0.2) is 41.9 Å². The van der Waals surface area contributed by atoms with E-state index in [1.165, 1.54) is 22.8 Å². The Balaban J connectivity index is 1.43. The van der Waals surface area contributed by atoms with Gasteiger partial charge in [0.2, 0.25) is 15.9 Å². The standard InChI is InChI=1S/C21H21ClN4O5S/c1-14-20(18(31-25-14)6-5-17-3-2-12-30-17)32(28,29)26-10-8-15(9-11-26)21(27)24-19-7-4-16(22)13-23-19/h2-7,12-13,15H,8-11H2,1H3,(H,23,24,27). The fraction of sp³-hybridized carbons (Fsp3) is 0.286. The lowest BCUT2D eigenvalue weighted by Crippen LogP contribution is -2.41. The minimum atomic E-state index is -3.85. The number of halogens is 1. The van der Waals surface area contributed by atoms with Gasteiger partial charge in [0.1, 0.15) is 17.3 Å². The molecule has 1 fully saturated rings. The number of amides is 1. The number of hydrogen-bond acceptors (Lipinski definition) is 7. The highest BCUT2D eigenvalue weighted by Crippen LogP contribution is 2.29. The summed E-state index contributed by atoms with van der Waals surface area (Å²) in [5.74, 6) is 0.584. The topological polar surface area (TPSA) is 119 Å². The zero-order valence-electron chi connectivity index (χ0n) is 17.2. The number of piperidine rings is 1. The average molecular weight is 477 g/mol. The van der Waals surface area contributed by atoms with E-state index in [9.17, 15) is 13.2 Å². The highest BCUT2D eigenvalue weighted by molar-refractivity contribution is 7.89. The third-order valence-corrected chi connectivity index (χ3v) is 7.46. The molecule has 168 valence electrons. The number of sulfonamides is 1. The van der Waals surface area contributed by atoms with Gasteiger partial charge in [-0.2, -0.15) is 4.31 Å². The molecule has 11 heteroatoms. The summed E-state index contributed by atoms with van der Waals surface area (Å²) < 4.78 is 38.4. The molecule has 1 saturated heterocycles. The van der Waals surface area contributed by atoms with Gasteiger partial charge in [-0.3, -0.25) is 4.79 Å². The van der Waals surface area contributed by atoms with Gasteiger partial charge >= 0.3 is 0 Å². The minimum Gasteiger partial charge on any atom is -0.465 e. The molecule has 4 rings (SSSR count). The van der Waals surface area contributed by atoms with Gasteiger partial charge in [-0.25, -0.2) is 13.4 Å². The number of anilines is 1. The van der Waals surface area contributed by atoms with Crippen molar-refractivity contribution in [3.8, 4) is 0 Å². The van der Waals surface area contributed by atoms with Gasteiger partial charge in [0.05, 0.1) is 11.3 Å². The van der Waals surface area contributed by atoms with E-state index in [1.807, 2.05) is 0 Å². The van der Waals surface area contributed by atoms with E-state index in [0.29, 0.717) is 29.4 Å². The van der Waals surface area contributed by atoms with Crippen LogP contribution in [0.25, 0.3) is 12.2 Å². The van der Waals surface area contributed by atoms with Gasteiger partial charge in [0.25, 0.3) is 0 Å². The first kappa shape index (κ1) is 22.3. The molecule has 0 atom stereocenters. The lowest BCUT2D eigenvalue weighted by Gasteiger charge is -2.30. The molecule has 1 N–H and O–H groups in total. The number of pyridine rings is 1. The van der Waals surface area contributed by atoms with Crippen LogP contribution in [-0.2, 0) is 14.8 Å². The van der Waals surface area contributed by atoms with Crippen molar-refractivity contribution in [1.29, 1.82) is 0 Å². The number of nitrogens with one attached hydrogen (secondary N) is 1. The predicted octanol–water partition coefficient (Wildman–Crippen LogP) is 3.83. The van der Waals surface area contributed by atoms with Crippen LogP contribution in [0.15, 0.2) is 50.6 Å². The molecule has 0 aliphatic carbocycles. The molecular weight excluding hydrogens is 456 g/mol. The van der Waals surface area contributed by atoms with Crippen molar-refractivity contribution in [3.63, 3.8) is 0 Å². The van der Waals surface area contributed by atoms with E-state index in [4.69, 9.17) is 20.5 Å². The van der Waals surface area contributed by atoms with Gasteiger partial charge in [-0.15, -0.1) is 0 Å². The first-order valence-corrected chi connectivity index (χ1v) is 11.8. The molecule has 4 heterocycles. The Bertz CT molecular complexity index is 1210. The number of carbonyl (C=O) groups is 1. The van der Waals surface area contributed by atoms with E-state index in [-0.39, 0.29) is 41.3 Å². The summed E-state index contributed by atoms with van der Waals surface area (Å²) in [4.78, 5) is 16.6. The number of aryl methyl sites for hydroxylation is 1. The fourth-order valence-electron chi connectivity index (χ4n) is 3.51. The van der Waals surface area contributed by atoms with E-state index in [1.54, 1.807) is 37.3 Å². The third-order valence-electron chi connectivity index (χ3n) is 5.18. The Hall–Kier alpha value is -2.95. The van der Waals surface area contributed by atoms with Crippen LogP contribution in [0.5, 0.6) is 0 Å². The SMILES string of the molecule is Cc1noc(C=Cc2ccco2)c1S(=O)(=O)N1CCC(C(=O)Nc2ccc(Cl)cn2)CC1. The highest BCUT2D eigenvalue weighted by Gasteiger charge is 2.36. The predicted molar refractivity (Wildman–Crippen MR) is 118 cm³/mol. The summed E-state index contributed by atoms with van der Waals surface area (Å²) in [7, 11) is -3.85. The molecule has 1 aliphatic rings. The molecule has 3 aromatic heterocycles. The largest absolute Gasteiger partial charge is 0.465 e. The Morgan fingerprint density at radius 1 is 1.25 bits per heavy atom. The van der Waals surface area contributed by atoms with Gasteiger partial charge in [-0.05, 0) is 56.2 Å². The Labute approximate surface area is 190 Å². The Kier molecular flexibility index (Phi) is 6.45. The lowest BCUT2D eigenvalue weighted by molar-refractivity contribution is -0.120. The number of carbonyl (C=O) groups excluding carboxylic acids is 1. The molecule has 0 unspecified atom stereocenters. The fourth-order valence-corrected chi connectivity index (χ4v) is 5.34. The van der Waals surface area contributed by atoms with Crippen LogP contribution in [0.4, 0.5) is 5.82 Å². The zero-order valence-corrected chi connectivity index (χ0v) is 18.8. The monoisotopic (exact) mass is 476 g/mol. The highest BCUT2D eigenvalue weighted by atomic mass is 35.5. The Morgan fingerprint density at radius 3 is 2.69 bits per heavy atom. The number of furan rings is 1. The van der Waals surface area contributed by atoms with Crippen LogP contribution in [0.1, 0.15) is 30.1 Å². The molecule has 9 nitrogen and oxygen atoms in total. The van der Waals surface area contributed by atoms with Crippen molar-refractivity contribution in [1.82, 2.24) is 14.4 Å². The van der Waals surface area contributed by atoms with Crippen molar-refractivity contribution in [2.24, 2.45) is 5.92 Å². The maximum atomic E-state index is 13.3. The minimum absolute atomic E-state index is 0.0218. The molecular formula is C21H21ClN4O5S. The van der Waals surface area contributed by atoms with E-state index >= 15 is 0 Å².